The second-order valence-electron chi connectivity index (χ2n) is 5.06. The molecule has 1 atom stereocenters. The van der Waals surface area contributed by atoms with E-state index in [1.54, 1.807) is 12.1 Å². The molecule has 0 unspecified atom stereocenters. The van der Waals surface area contributed by atoms with Crippen molar-refractivity contribution in [2.24, 2.45) is 0 Å². The van der Waals surface area contributed by atoms with Gasteiger partial charge in [-0.1, -0.05) is 47.5 Å². The lowest BCUT2D eigenvalue weighted by Crippen LogP contribution is -2.18. The van der Waals surface area contributed by atoms with Crippen LogP contribution in [0.3, 0.4) is 0 Å². The van der Waals surface area contributed by atoms with Crippen LogP contribution < -0.4 is 5.32 Å². The summed E-state index contributed by atoms with van der Waals surface area (Å²) >= 11 is 5.80. The van der Waals surface area contributed by atoms with Crippen molar-refractivity contribution < 1.29 is 4.92 Å². The fourth-order valence-corrected chi connectivity index (χ4v) is 2.24. The molecule has 5 heteroatoms. The molecule has 0 amide bonds. The molecule has 0 spiro atoms. The molecule has 0 fully saturated rings. The Hall–Kier alpha value is -1.91. The minimum atomic E-state index is -0.463. The van der Waals surface area contributed by atoms with E-state index in [2.05, 4.69) is 43.4 Å². The second kappa shape index (κ2) is 6.70. The van der Waals surface area contributed by atoms with Gasteiger partial charge in [-0.15, -0.1) is 0 Å². The van der Waals surface area contributed by atoms with Crippen molar-refractivity contribution in [2.75, 3.05) is 0 Å². The van der Waals surface area contributed by atoms with Crippen LogP contribution in [0.15, 0.2) is 42.5 Å². The predicted octanol–water partition coefficient (Wildman–Crippen LogP) is 4.41. The number of nitrogens with one attached hydrogen (secondary N) is 1. The number of nitrogens with zero attached hydrogens (tertiary/aromatic N) is 1. The van der Waals surface area contributed by atoms with Gasteiger partial charge in [0.2, 0.25) is 0 Å². The highest BCUT2D eigenvalue weighted by atomic mass is 35.5. The van der Waals surface area contributed by atoms with Crippen LogP contribution in [0.1, 0.15) is 29.7 Å². The van der Waals surface area contributed by atoms with E-state index in [9.17, 15) is 10.1 Å². The lowest BCUT2D eigenvalue weighted by atomic mass is 10.1. The lowest BCUT2D eigenvalue weighted by Gasteiger charge is -2.14. The number of rotatable bonds is 5. The van der Waals surface area contributed by atoms with Crippen LogP contribution >= 0.6 is 11.6 Å². The zero-order valence-corrected chi connectivity index (χ0v) is 12.7. The van der Waals surface area contributed by atoms with E-state index in [-0.39, 0.29) is 16.8 Å². The first-order valence-electron chi connectivity index (χ1n) is 6.70. The highest BCUT2D eigenvalue weighted by Crippen LogP contribution is 2.25. The van der Waals surface area contributed by atoms with E-state index in [1.165, 1.54) is 17.2 Å². The summed E-state index contributed by atoms with van der Waals surface area (Å²) in [4.78, 5) is 10.4. The summed E-state index contributed by atoms with van der Waals surface area (Å²) in [5.41, 5.74) is 3.19. The van der Waals surface area contributed by atoms with Gasteiger partial charge in [-0.3, -0.25) is 10.1 Å². The van der Waals surface area contributed by atoms with Crippen molar-refractivity contribution in [3.8, 4) is 0 Å². The molecule has 0 aliphatic carbocycles. The number of halogens is 1. The molecule has 21 heavy (non-hydrogen) atoms. The van der Waals surface area contributed by atoms with Crippen molar-refractivity contribution in [3.05, 3.63) is 74.3 Å². The molecular formula is C16H17ClN2O2. The van der Waals surface area contributed by atoms with Gasteiger partial charge in [0.15, 0.2) is 0 Å². The average molecular weight is 305 g/mol. The minimum absolute atomic E-state index is 0.0565. The molecule has 0 heterocycles. The normalized spacial score (nSPS) is 12.1. The molecule has 0 saturated heterocycles. The number of hydrogen-bond acceptors (Lipinski definition) is 3. The average Bonchev–Trinajstić information content (AvgIpc) is 2.46. The maximum absolute atomic E-state index is 10.9. The van der Waals surface area contributed by atoms with Gasteiger partial charge >= 0.3 is 0 Å². The Balaban J connectivity index is 2.04. The summed E-state index contributed by atoms with van der Waals surface area (Å²) in [6, 6.07) is 13.3. The van der Waals surface area contributed by atoms with E-state index in [1.807, 2.05) is 0 Å². The summed E-state index contributed by atoms with van der Waals surface area (Å²) in [5.74, 6) is 0. The van der Waals surface area contributed by atoms with Gasteiger partial charge in [-0.2, -0.15) is 0 Å². The molecule has 0 aliphatic rings. The van der Waals surface area contributed by atoms with Crippen molar-refractivity contribution in [2.45, 2.75) is 26.4 Å². The molecule has 4 nitrogen and oxygen atoms in total. The van der Waals surface area contributed by atoms with Gasteiger partial charge in [0.1, 0.15) is 5.02 Å². The molecule has 2 aromatic carbocycles. The number of hydrogen-bond donors (Lipinski definition) is 1. The van der Waals surface area contributed by atoms with E-state index in [0.29, 0.717) is 6.54 Å². The molecule has 0 aliphatic heterocycles. The van der Waals surface area contributed by atoms with Crippen LogP contribution in [-0.2, 0) is 6.54 Å². The van der Waals surface area contributed by atoms with Crippen LogP contribution in [0.25, 0.3) is 0 Å². The molecule has 1 N–H and O–H groups in total. The summed E-state index contributed by atoms with van der Waals surface area (Å²) < 4.78 is 0. The van der Waals surface area contributed by atoms with Gasteiger partial charge in [0.25, 0.3) is 5.69 Å². The Morgan fingerprint density at radius 2 is 1.90 bits per heavy atom. The molecule has 2 aromatic rings. The molecular weight excluding hydrogens is 288 g/mol. The molecule has 0 saturated carbocycles. The van der Waals surface area contributed by atoms with Gasteiger partial charge in [-0.25, -0.2) is 0 Å². The molecule has 0 aromatic heterocycles. The van der Waals surface area contributed by atoms with Crippen molar-refractivity contribution >= 4 is 17.3 Å². The van der Waals surface area contributed by atoms with E-state index in [4.69, 9.17) is 11.6 Å². The van der Waals surface area contributed by atoms with Crippen LogP contribution in [0, 0.1) is 17.0 Å². The number of nitro groups is 1. The molecule has 110 valence electrons. The largest absolute Gasteiger partial charge is 0.306 e. The van der Waals surface area contributed by atoms with Crippen molar-refractivity contribution in [3.63, 3.8) is 0 Å². The lowest BCUT2D eigenvalue weighted by molar-refractivity contribution is -0.384. The summed E-state index contributed by atoms with van der Waals surface area (Å²) in [6.07, 6.45) is 0. The number of nitro benzene ring substituents is 1. The molecule has 0 bridgehead atoms. The van der Waals surface area contributed by atoms with Gasteiger partial charge < -0.3 is 5.32 Å². The fraction of sp³-hybridized carbons (Fsp3) is 0.250. The monoisotopic (exact) mass is 304 g/mol. The highest BCUT2D eigenvalue weighted by Gasteiger charge is 2.13. The Morgan fingerprint density at radius 1 is 1.24 bits per heavy atom. The van der Waals surface area contributed by atoms with Gasteiger partial charge in [-0.05, 0) is 31.0 Å². The van der Waals surface area contributed by atoms with Gasteiger partial charge in [0, 0.05) is 18.7 Å². The Bertz CT molecular complexity index is 641. The van der Waals surface area contributed by atoms with Crippen LogP contribution in [0.5, 0.6) is 0 Å². The fourth-order valence-electron chi connectivity index (χ4n) is 2.05. The number of aryl methyl sites for hydroxylation is 1. The van der Waals surface area contributed by atoms with Crippen LogP contribution in [0.4, 0.5) is 5.69 Å². The maximum Gasteiger partial charge on any atom is 0.288 e. The first-order chi connectivity index (χ1) is 9.97. The minimum Gasteiger partial charge on any atom is -0.306 e. The summed E-state index contributed by atoms with van der Waals surface area (Å²) in [7, 11) is 0. The third kappa shape index (κ3) is 4.03. The smallest absolute Gasteiger partial charge is 0.288 e. The van der Waals surface area contributed by atoms with Crippen molar-refractivity contribution in [1.29, 1.82) is 0 Å². The maximum atomic E-state index is 10.9. The third-order valence-corrected chi connectivity index (χ3v) is 3.72. The quantitative estimate of drug-likeness (QED) is 0.657. The zero-order valence-electron chi connectivity index (χ0n) is 12.0. The van der Waals surface area contributed by atoms with Crippen LogP contribution in [-0.4, -0.2) is 4.92 Å². The zero-order chi connectivity index (χ0) is 15.4. The van der Waals surface area contributed by atoms with E-state index >= 15 is 0 Å². The molecule has 0 radical (unpaired) electrons. The Kier molecular flexibility index (Phi) is 4.94. The van der Waals surface area contributed by atoms with Crippen molar-refractivity contribution in [1.82, 2.24) is 5.32 Å². The van der Waals surface area contributed by atoms with Gasteiger partial charge in [0.05, 0.1) is 4.92 Å². The Labute approximate surface area is 128 Å². The topological polar surface area (TPSA) is 55.2 Å². The van der Waals surface area contributed by atoms with Crippen LogP contribution in [0.2, 0.25) is 5.02 Å². The summed E-state index contributed by atoms with van der Waals surface area (Å²) in [5, 5.41) is 14.4. The number of benzene rings is 2. The Morgan fingerprint density at radius 3 is 2.52 bits per heavy atom. The standard InChI is InChI=1S/C16H17ClN2O2/c1-11-3-6-14(7-4-11)12(2)18-10-13-5-8-15(17)16(9-13)19(20)21/h3-9,12,18H,10H2,1-2H3/t12-/m1/s1. The molecule has 2 rings (SSSR count). The van der Waals surface area contributed by atoms with E-state index in [0.717, 1.165) is 5.56 Å². The van der Waals surface area contributed by atoms with E-state index < -0.39 is 4.92 Å². The summed E-state index contributed by atoms with van der Waals surface area (Å²) in [6.45, 7) is 4.66. The third-order valence-electron chi connectivity index (χ3n) is 3.40. The highest BCUT2D eigenvalue weighted by molar-refractivity contribution is 6.32. The first-order valence-corrected chi connectivity index (χ1v) is 7.08. The SMILES string of the molecule is Cc1ccc([C@@H](C)NCc2ccc(Cl)c([N+](=O)[O-])c2)cc1. The second-order valence-corrected chi connectivity index (χ2v) is 5.46. The first kappa shape index (κ1) is 15.5. The predicted molar refractivity (Wildman–Crippen MR) is 84.5 cm³/mol.